The number of thioether (sulfide) groups is 1. The number of aromatic nitrogens is 1. The number of carbonyl (C=O) groups is 1. The van der Waals surface area contributed by atoms with E-state index in [-0.39, 0.29) is 5.12 Å². The predicted octanol–water partition coefficient (Wildman–Crippen LogP) is 5.16. The molecule has 20 heavy (non-hydrogen) atoms. The first kappa shape index (κ1) is 16.4. The maximum absolute atomic E-state index is 12.2. The van der Waals surface area contributed by atoms with E-state index in [1.807, 2.05) is 26.0 Å². The van der Waals surface area contributed by atoms with Gasteiger partial charge in [-0.05, 0) is 63.2 Å². The summed E-state index contributed by atoms with van der Waals surface area (Å²) in [6, 6.07) is 3.56. The Morgan fingerprint density at radius 2 is 2.05 bits per heavy atom. The van der Waals surface area contributed by atoms with Crippen LogP contribution < -0.4 is 0 Å². The number of nitrogens with zero attached hydrogens (tertiary/aromatic N) is 1. The van der Waals surface area contributed by atoms with Gasteiger partial charge in [-0.25, -0.2) is 0 Å². The van der Waals surface area contributed by atoms with Gasteiger partial charge in [-0.2, -0.15) is 0 Å². The minimum atomic E-state index is 0.0180. The second-order valence-electron chi connectivity index (χ2n) is 4.79. The molecule has 0 bridgehead atoms. The summed E-state index contributed by atoms with van der Waals surface area (Å²) < 4.78 is 0. The number of rotatable bonds is 5. The molecule has 0 N–H and O–H groups in total. The third-order valence-corrected chi connectivity index (χ3v) is 3.54. The minimum Gasteiger partial charge on any atom is -0.281 e. The average molecular weight is 287 g/mol. The Morgan fingerprint density at radius 1 is 1.30 bits per heavy atom. The van der Waals surface area contributed by atoms with Gasteiger partial charge in [0.1, 0.15) is 0 Å². The van der Waals surface area contributed by atoms with Crippen LogP contribution in [0.25, 0.3) is 0 Å². The van der Waals surface area contributed by atoms with Crippen molar-refractivity contribution >= 4 is 16.9 Å². The molecule has 1 heterocycles. The Kier molecular flexibility index (Phi) is 7.02. The summed E-state index contributed by atoms with van der Waals surface area (Å²) in [6.07, 6.45) is 10.4. The fourth-order valence-corrected chi connectivity index (χ4v) is 2.27. The zero-order valence-corrected chi connectivity index (χ0v) is 13.3. The number of allylic oxidation sites excluding steroid dienone is 5. The molecule has 0 saturated heterocycles. The lowest BCUT2D eigenvalue weighted by atomic mass is 10.2. The molecule has 1 rings (SSSR count). The number of carbonyl (C=O) groups excluding carboxylic acids is 1. The van der Waals surface area contributed by atoms with E-state index in [0.29, 0.717) is 5.56 Å². The third-order valence-electron chi connectivity index (χ3n) is 2.63. The Balaban J connectivity index is 2.91. The highest BCUT2D eigenvalue weighted by Crippen LogP contribution is 2.24. The van der Waals surface area contributed by atoms with Gasteiger partial charge >= 0.3 is 0 Å². The van der Waals surface area contributed by atoms with Gasteiger partial charge in [0.25, 0.3) is 0 Å². The van der Waals surface area contributed by atoms with Crippen LogP contribution >= 0.6 is 11.8 Å². The fraction of sp³-hybridized carbons (Fsp3) is 0.294. The normalized spacial score (nSPS) is 12.2. The molecule has 0 unspecified atom stereocenters. The van der Waals surface area contributed by atoms with Crippen molar-refractivity contribution in [2.24, 2.45) is 0 Å². The maximum Gasteiger partial charge on any atom is 0.225 e. The van der Waals surface area contributed by atoms with Crippen LogP contribution in [-0.2, 0) is 0 Å². The smallest absolute Gasteiger partial charge is 0.225 e. The molecule has 0 amide bonds. The molecule has 106 valence electrons. The molecule has 2 nitrogen and oxygen atoms in total. The van der Waals surface area contributed by atoms with Crippen molar-refractivity contribution in [1.82, 2.24) is 4.98 Å². The van der Waals surface area contributed by atoms with Crippen molar-refractivity contribution in [1.29, 1.82) is 0 Å². The molecule has 0 aromatic carbocycles. The quantitative estimate of drug-likeness (QED) is 0.700. The molecule has 0 spiro atoms. The van der Waals surface area contributed by atoms with E-state index < -0.39 is 0 Å². The third kappa shape index (κ3) is 6.02. The molecule has 0 aliphatic carbocycles. The van der Waals surface area contributed by atoms with Gasteiger partial charge in [0.05, 0.1) is 0 Å². The van der Waals surface area contributed by atoms with Gasteiger partial charge < -0.3 is 0 Å². The van der Waals surface area contributed by atoms with Crippen molar-refractivity contribution in [3.63, 3.8) is 0 Å². The number of hydrogen-bond acceptors (Lipinski definition) is 3. The lowest BCUT2D eigenvalue weighted by Crippen LogP contribution is -1.94. The van der Waals surface area contributed by atoms with Gasteiger partial charge in [-0.1, -0.05) is 24.1 Å². The van der Waals surface area contributed by atoms with Crippen molar-refractivity contribution in [2.75, 3.05) is 0 Å². The van der Waals surface area contributed by atoms with E-state index in [4.69, 9.17) is 0 Å². The molecule has 0 aliphatic heterocycles. The molecule has 3 heteroatoms. The molecule has 1 aromatic heterocycles. The summed E-state index contributed by atoms with van der Waals surface area (Å²) in [7, 11) is 0. The second-order valence-corrected chi connectivity index (χ2v) is 5.83. The molecule has 0 saturated carbocycles. The minimum absolute atomic E-state index is 0.0180. The highest BCUT2D eigenvalue weighted by molar-refractivity contribution is 8.17. The number of pyridine rings is 1. The van der Waals surface area contributed by atoms with Crippen LogP contribution in [0.15, 0.2) is 58.8 Å². The van der Waals surface area contributed by atoms with E-state index >= 15 is 0 Å². The van der Waals surface area contributed by atoms with Gasteiger partial charge in [0.15, 0.2) is 0 Å². The van der Waals surface area contributed by atoms with E-state index in [2.05, 4.69) is 24.9 Å². The standard InChI is InChI=1S/C17H21NOS/c1-5-14(4)8-9-16(11-13(2)3)20-17(19)15-7-6-10-18-12-15/h6-12H,5H2,1-4H3/b14-8+,16-9+. The summed E-state index contributed by atoms with van der Waals surface area (Å²) in [5.74, 6) is 0. The summed E-state index contributed by atoms with van der Waals surface area (Å²) in [5, 5.41) is 0.0180. The van der Waals surface area contributed by atoms with E-state index in [1.165, 1.54) is 22.9 Å². The van der Waals surface area contributed by atoms with E-state index in [0.717, 1.165) is 11.3 Å². The summed E-state index contributed by atoms with van der Waals surface area (Å²) >= 11 is 1.24. The average Bonchev–Trinajstić information content (AvgIpc) is 2.44. The topological polar surface area (TPSA) is 30.0 Å². The molecule has 0 fully saturated rings. The highest BCUT2D eigenvalue weighted by Gasteiger charge is 2.08. The Labute approximate surface area is 125 Å². The Hall–Kier alpha value is -1.61. The monoisotopic (exact) mass is 287 g/mol. The largest absolute Gasteiger partial charge is 0.281 e. The second kappa shape index (κ2) is 8.54. The van der Waals surface area contributed by atoms with E-state index in [9.17, 15) is 4.79 Å². The molecule has 0 radical (unpaired) electrons. The van der Waals surface area contributed by atoms with Crippen LogP contribution in [0.4, 0.5) is 0 Å². The van der Waals surface area contributed by atoms with Gasteiger partial charge in [0, 0.05) is 22.9 Å². The lowest BCUT2D eigenvalue weighted by Gasteiger charge is -2.02. The van der Waals surface area contributed by atoms with Gasteiger partial charge in [-0.3, -0.25) is 9.78 Å². The lowest BCUT2D eigenvalue weighted by molar-refractivity contribution is 0.108. The summed E-state index contributed by atoms with van der Waals surface area (Å²) in [6.45, 7) is 8.26. The van der Waals surface area contributed by atoms with Crippen LogP contribution in [-0.4, -0.2) is 10.1 Å². The van der Waals surface area contributed by atoms with Crippen LogP contribution in [0.2, 0.25) is 0 Å². The van der Waals surface area contributed by atoms with Crippen molar-refractivity contribution in [3.05, 3.63) is 64.4 Å². The highest BCUT2D eigenvalue weighted by atomic mass is 32.2. The maximum atomic E-state index is 12.2. The zero-order valence-electron chi connectivity index (χ0n) is 12.5. The Morgan fingerprint density at radius 3 is 2.60 bits per heavy atom. The number of hydrogen-bond donors (Lipinski definition) is 0. The molecular weight excluding hydrogens is 266 g/mol. The first-order valence-electron chi connectivity index (χ1n) is 6.67. The summed E-state index contributed by atoms with van der Waals surface area (Å²) in [5.41, 5.74) is 3.09. The molecule has 0 atom stereocenters. The predicted molar refractivity (Wildman–Crippen MR) is 87.7 cm³/mol. The van der Waals surface area contributed by atoms with Crippen LogP contribution in [0.3, 0.4) is 0 Å². The Bertz CT molecular complexity index is 537. The van der Waals surface area contributed by atoms with Crippen molar-refractivity contribution < 1.29 is 4.79 Å². The van der Waals surface area contributed by atoms with Crippen molar-refractivity contribution in [2.45, 2.75) is 34.1 Å². The van der Waals surface area contributed by atoms with Gasteiger partial charge in [0.2, 0.25) is 5.12 Å². The zero-order chi connectivity index (χ0) is 15.0. The van der Waals surface area contributed by atoms with Crippen LogP contribution in [0.5, 0.6) is 0 Å². The molecule has 0 aliphatic rings. The summed E-state index contributed by atoms with van der Waals surface area (Å²) in [4.78, 5) is 17.1. The van der Waals surface area contributed by atoms with Gasteiger partial charge in [-0.15, -0.1) is 0 Å². The van der Waals surface area contributed by atoms with Crippen LogP contribution in [0.1, 0.15) is 44.5 Å². The molecular formula is C17H21NOS. The SMILES string of the molecule is CC/C(C)=C/C=C(\C=C(C)C)SC(=O)c1cccnc1. The van der Waals surface area contributed by atoms with E-state index in [1.54, 1.807) is 24.5 Å². The van der Waals surface area contributed by atoms with Crippen molar-refractivity contribution in [3.8, 4) is 0 Å². The first-order chi connectivity index (χ1) is 9.52. The first-order valence-corrected chi connectivity index (χ1v) is 7.49. The fourth-order valence-electron chi connectivity index (χ4n) is 1.39. The molecule has 1 aromatic rings. The van der Waals surface area contributed by atoms with Crippen LogP contribution in [0, 0.1) is 0 Å².